The standard InChI is InChI=1S/C16H14BrN5OS/c17-13-6-3-4-11(8-13)10-24-16-19-15(21-22-16)20-18-9-12-5-1-2-7-14(12)23/h1-9,23H,10H2,(H2,19,20,21,22)/b18-9-. The molecule has 0 bridgehead atoms. The first-order valence-electron chi connectivity index (χ1n) is 7.07. The molecule has 122 valence electrons. The minimum atomic E-state index is 0.172. The molecule has 0 radical (unpaired) electrons. The van der Waals surface area contributed by atoms with Gasteiger partial charge in [-0.3, -0.25) is 0 Å². The van der Waals surface area contributed by atoms with E-state index in [1.807, 2.05) is 18.2 Å². The summed E-state index contributed by atoms with van der Waals surface area (Å²) in [4.78, 5) is 4.30. The summed E-state index contributed by atoms with van der Waals surface area (Å²) in [5.74, 6) is 1.39. The van der Waals surface area contributed by atoms with Gasteiger partial charge in [0.25, 0.3) is 0 Å². The number of hydrogen-bond acceptors (Lipinski definition) is 6. The first-order valence-corrected chi connectivity index (χ1v) is 8.85. The Balaban J connectivity index is 1.55. The number of halogens is 1. The Hall–Kier alpha value is -2.32. The first-order chi connectivity index (χ1) is 11.7. The molecule has 0 atom stereocenters. The van der Waals surface area contributed by atoms with E-state index in [1.165, 1.54) is 23.5 Å². The van der Waals surface area contributed by atoms with Crippen molar-refractivity contribution in [3.63, 3.8) is 0 Å². The zero-order chi connectivity index (χ0) is 16.8. The topological polar surface area (TPSA) is 86.2 Å². The Kier molecular flexibility index (Phi) is 5.50. The largest absolute Gasteiger partial charge is 0.507 e. The van der Waals surface area contributed by atoms with Crippen LogP contribution in [0.3, 0.4) is 0 Å². The molecule has 0 amide bonds. The van der Waals surface area contributed by atoms with Crippen LogP contribution in [0, 0.1) is 0 Å². The second-order valence-corrected chi connectivity index (χ2v) is 6.67. The van der Waals surface area contributed by atoms with Crippen LogP contribution in [0.1, 0.15) is 11.1 Å². The highest BCUT2D eigenvalue weighted by Gasteiger charge is 2.04. The number of para-hydroxylation sites is 1. The van der Waals surface area contributed by atoms with E-state index < -0.39 is 0 Å². The second-order valence-electron chi connectivity index (χ2n) is 4.81. The van der Waals surface area contributed by atoms with Crippen molar-refractivity contribution in [2.24, 2.45) is 5.10 Å². The van der Waals surface area contributed by atoms with Gasteiger partial charge < -0.3 is 5.11 Å². The van der Waals surface area contributed by atoms with Gasteiger partial charge in [0.15, 0.2) is 0 Å². The third kappa shape index (κ3) is 4.59. The van der Waals surface area contributed by atoms with Gasteiger partial charge in [-0.1, -0.05) is 52.0 Å². The average Bonchev–Trinajstić information content (AvgIpc) is 3.03. The van der Waals surface area contributed by atoms with Gasteiger partial charge in [0, 0.05) is 15.8 Å². The molecule has 1 aromatic heterocycles. The number of aromatic nitrogens is 3. The van der Waals surface area contributed by atoms with E-state index in [9.17, 15) is 5.11 Å². The molecule has 2 aromatic carbocycles. The molecule has 0 unspecified atom stereocenters. The summed E-state index contributed by atoms with van der Waals surface area (Å²) < 4.78 is 1.05. The van der Waals surface area contributed by atoms with E-state index >= 15 is 0 Å². The summed E-state index contributed by atoms with van der Waals surface area (Å²) in [5, 5.41) is 21.2. The normalized spacial score (nSPS) is 11.0. The van der Waals surface area contributed by atoms with Gasteiger partial charge in [-0.15, -0.1) is 5.10 Å². The number of thioether (sulfide) groups is 1. The van der Waals surface area contributed by atoms with Crippen molar-refractivity contribution in [1.82, 2.24) is 15.2 Å². The van der Waals surface area contributed by atoms with Gasteiger partial charge in [0.1, 0.15) is 5.75 Å². The Bertz CT molecular complexity index is 852. The molecule has 0 saturated carbocycles. The summed E-state index contributed by atoms with van der Waals surface area (Å²) >= 11 is 4.98. The van der Waals surface area contributed by atoms with E-state index in [2.05, 4.69) is 53.8 Å². The molecule has 0 saturated heterocycles. The maximum Gasteiger partial charge on any atom is 0.240 e. The van der Waals surface area contributed by atoms with Crippen LogP contribution >= 0.6 is 27.7 Å². The van der Waals surface area contributed by atoms with Gasteiger partial charge in [-0.25, -0.2) is 10.5 Å². The maximum atomic E-state index is 9.65. The number of phenols is 1. The molecule has 0 spiro atoms. The lowest BCUT2D eigenvalue weighted by Gasteiger charge is -1.99. The highest BCUT2D eigenvalue weighted by atomic mass is 79.9. The molecule has 0 aliphatic carbocycles. The SMILES string of the molecule is Oc1ccccc1/C=N\Nc1nc(SCc2cccc(Br)c2)n[nH]1. The third-order valence-corrected chi connectivity index (χ3v) is 4.44. The number of phenolic OH excluding ortho intramolecular Hbond substituents is 1. The van der Waals surface area contributed by atoms with Crippen molar-refractivity contribution in [2.75, 3.05) is 5.43 Å². The quantitative estimate of drug-likeness (QED) is 0.328. The van der Waals surface area contributed by atoms with Crippen LogP contribution in [0.25, 0.3) is 0 Å². The summed E-state index contributed by atoms with van der Waals surface area (Å²) in [6.45, 7) is 0. The van der Waals surface area contributed by atoms with Crippen LogP contribution in [0.15, 0.2) is 63.3 Å². The number of nitrogens with zero attached hydrogens (tertiary/aromatic N) is 3. The number of nitrogens with one attached hydrogen (secondary N) is 2. The van der Waals surface area contributed by atoms with Gasteiger partial charge in [-0.2, -0.15) is 10.1 Å². The molecule has 3 N–H and O–H groups in total. The lowest BCUT2D eigenvalue weighted by molar-refractivity contribution is 0.474. The Morgan fingerprint density at radius 3 is 2.96 bits per heavy atom. The van der Waals surface area contributed by atoms with Crippen LogP contribution in [0.5, 0.6) is 5.75 Å². The number of rotatable bonds is 6. The first kappa shape index (κ1) is 16.5. The van der Waals surface area contributed by atoms with Crippen LogP contribution < -0.4 is 5.43 Å². The van der Waals surface area contributed by atoms with Crippen molar-refractivity contribution in [3.05, 3.63) is 64.1 Å². The van der Waals surface area contributed by atoms with E-state index in [0.717, 1.165) is 10.2 Å². The monoisotopic (exact) mass is 403 g/mol. The molecule has 3 aromatic rings. The summed E-state index contributed by atoms with van der Waals surface area (Å²) in [5.41, 5.74) is 4.56. The van der Waals surface area contributed by atoms with Crippen LogP contribution in [0.4, 0.5) is 5.95 Å². The lowest BCUT2D eigenvalue weighted by Crippen LogP contribution is -1.92. The van der Waals surface area contributed by atoms with E-state index in [-0.39, 0.29) is 5.75 Å². The Labute approximate surface area is 151 Å². The fourth-order valence-corrected chi connectivity index (χ4v) is 3.08. The Morgan fingerprint density at radius 1 is 1.25 bits per heavy atom. The molecule has 8 heteroatoms. The predicted octanol–water partition coefficient (Wildman–Crippen LogP) is 4.01. The maximum absolute atomic E-state index is 9.65. The van der Waals surface area contributed by atoms with E-state index in [0.29, 0.717) is 16.7 Å². The third-order valence-electron chi connectivity index (χ3n) is 3.03. The number of aromatic amines is 1. The molecule has 1 heterocycles. The fourth-order valence-electron chi connectivity index (χ4n) is 1.90. The highest BCUT2D eigenvalue weighted by molar-refractivity contribution is 9.10. The molecule has 0 aliphatic heterocycles. The van der Waals surface area contributed by atoms with Crippen LogP contribution in [0.2, 0.25) is 0 Å². The fraction of sp³-hybridized carbons (Fsp3) is 0.0625. The Morgan fingerprint density at radius 2 is 2.12 bits per heavy atom. The van der Waals surface area contributed by atoms with Gasteiger partial charge in [0.2, 0.25) is 11.1 Å². The van der Waals surface area contributed by atoms with E-state index in [1.54, 1.807) is 18.2 Å². The van der Waals surface area contributed by atoms with Crippen LogP contribution in [-0.4, -0.2) is 26.5 Å². The van der Waals surface area contributed by atoms with Crippen molar-refractivity contribution in [1.29, 1.82) is 0 Å². The smallest absolute Gasteiger partial charge is 0.240 e. The zero-order valence-electron chi connectivity index (χ0n) is 12.5. The molecule has 0 fully saturated rings. The van der Waals surface area contributed by atoms with Crippen molar-refractivity contribution in [2.45, 2.75) is 10.9 Å². The number of anilines is 1. The minimum Gasteiger partial charge on any atom is -0.507 e. The molecule has 3 rings (SSSR count). The van der Waals surface area contributed by atoms with Crippen molar-refractivity contribution < 1.29 is 5.11 Å². The second kappa shape index (κ2) is 7.98. The number of H-pyrrole nitrogens is 1. The summed E-state index contributed by atoms with van der Waals surface area (Å²) in [6, 6.07) is 15.1. The molecular formula is C16H14BrN5OS. The number of benzene rings is 2. The number of hydrazone groups is 1. The number of hydrogen-bond donors (Lipinski definition) is 3. The van der Waals surface area contributed by atoms with Crippen LogP contribution in [-0.2, 0) is 5.75 Å². The minimum absolute atomic E-state index is 0.172. The lowest BCUT2D eigenvalue weighted by atomic mass is 10.2. The van der Waals surface area contributed by atoms with Crippen molar-refractivity contribution in [3.8, 4) is 5.75 Å². The number of aromatic hydroxyl groups is 1. The molecule has 24 heavy (non-hydrogen) atoms. The van der Waals surface area contributed by atoms with Crippen molar-refractivity contribution >= 4 is 39.9 Å². The summed E-state index contributed by atoms with van der Waals surface area (Å²) in [7, 11) is 0. The predicted molar refractivity (Wildman–Crippen MR) is 99.4 cm³/mol. The van der Waals surface area contributed by atoms with Gasteiger partial charge >= 0.3 is 0 Å². The highest BCUT2D eigenvalue weighted by Crippen LogP contribution is 2.22. The zero-order valence-corrected chi connectivity index (χ0v) is 14.9. The molecular weight excluding hydrogens is 390 g/mol. The average molecular weight is 404 g/mol. The molecule has 6 nitrogen and oxygen atoms in total. The molecule has 0 aliphatic rings. The van der Waals surface area contributed by atoms with Gasteiger partial charge in [0.05, 0.1) is 6.21 Å². The summed E-state index contributed by atoms with van der Waals surface area (Å²) in [6.07, 6.45) is 1.52. The van der Waals surface area contributed by atoms with E-state index in [4.69, 9.17) is 0 Å². The van der Waals surface area contributed by atoms with Gasteiger partial charge in [-0.05, 0) is 29.8 Å².